The number of carbonyl (C=O) groups is 1. The third kappa shape index (κ3) is 1.61. The van der Waals surface area contributed by atoms with Gasteiger partial charge < -0.3 is 9.84 Å². The number of aliphatic hydroxyl groups excluding tert-OH is 1. The van der Waals surface area contributed by atoms with E-state index in [-0.39, 0.29) is 24.1 Å². The second-order valence-electron chi connectivity index (χ2n) is 3.96. The van der Waals surface area contributed by atoms with Gasteiger partial charge in [-0.3, -0.25) is 0 Å². The summed E-state index contributed by atoms with van der Waals surface area (Å²) in [5.41, 5.74) is 1.06. The lowest BCUT2D eigenvalue weighted by Crippen LogP contribution is -2.20. The molecule has 13 heavy (non-hydrogen) atoms. The maximum absolute atomic E-state index is 10.9. The fraction of sp³-hybridized carbons (Fsp3) is 0.700. The van der Waals surface area contributed by atoms with Crippen LogP contribution in [0.15, 0.2) is 11.6 Å². The highest BCUT2D eigenvalue weighted by Crippen LogP contribution is 2.32. The van der Waals surface area contributed by atoms with E-state index in [1.54, 1.807) is 6.08 Å². The molecule has 0 unspecified atom stereocenters. The fourth-order valence-corrected chi connectivity index (χ4v) is 2.02. The van der Waals surface area contributed by atoms with Crippen LogP contribution in [-0.2, 0) is 9.53 Å². The molecule has 0 radical (unpaired) electrons. The van der Waals surface area contributed by atoms with E-state index in [1.807, 2.05) is 6.92 Å². The fourth-order valence-electron chi connectivity index (χ4n) is 2.02. The Hall–Kier alpha value is -0.830. The lowest BCUT2D eigenvalue weighted by atomic mass is 9.99. The van der Waals surface area contributed by atoms with Gasteiger partial charge in [0.15, 0.2) is 0 Å². The van der Waals surface area contributed by atoms with Crippen molar-refractivity contribution in [1.29, 1.82) is 0 Å². The molecule has 72 valence electrons. The average Bonchev–Trinajstić information content (AvgIpc) is 2.36. The number of rotatable bonds is 0. The molecule has 1 aliphatic heterocycles. The van der Waals surface area contributed by atoms with Crippen molar-refractivity contribution in [2.75, 3.05) is 0 Å². The first kappa shape index (κ1) is 8.75. The largest absolute Gasteiger partial charge is 0.455 e. The van der Waals surface area contributed by atoms with E-state index < -0.39 is 0 Å². The zero-order valence-corrected chi connectivity index (χ0v) is 7.69. The van der Waals surface area contributed by atoms with Gasteiger partial charge in [-0.25, -0.2) is 4.79 Å². The number of carbonyl (C=O) groups excluding carboxylic acids is 1. The van der Waals surface area contributed by atoms with E-state index in [4.69, 9.17) is 4.74 Å². The van der Waals surface area contributed by atoms with E-state index >= 15 is 0 Å². The van der Waals surface area contributed by atoms with Gasteiger partial charge in [0.1, 0.15) is 6.10 Å². The average molecular weight is 182 g/mol. The quantitative estimate of drug-likeness (QED) is 0.569. The molecule has 2 rings (SSSR count). The molecule has 0 amide bonds. The highest BCUT2D eigenvalue weighted by molar-refractivity contribution is 5.85. The third-order valence-electron chi connectivity index (χ3n) is 2.95. The van der Waals surface area contributed by atoms with Crippen molar-refractivity contribution in [3.8, 4) is 0 Å². The molecule has 1 aliphatic carbocycles. The molecule has 1 saturated carbocycles. The molecule has 0 bridgehead atoms. The summed E-state index contributed by atoms with van der Waals surface area (Å²) in [6.07, 6.45) is 3.58. The molecule has 1 fully saturated rings. The summed E-state index contributed by atoms with van der Waals surface area (Å²) < 4.78 is 5.12. The minimum atomic E-state index is -0.245. The third-order valence-corrected chi connectivity index (χ3v) is 2.95. The van der Waals surface area contributed by atoms with Crippen molar-refractivity contribution in [3.63, 3.8) is 0 Å². The summed E-state index contributed by atoms with van der Waals surface area (Å²) in [4.78, 5) is 10.9. The highest BCUT2D eigenvalue weighted by Gasteiger charge is 2.32. The normalized spacial score (nSPS) is 39.1. The molecule has 1 N–H and O–H groups in total. The predicted molar refractivity (Wildman–Crippen MR) is 47.0 cm³/mol. The van der Waals surface area contributed by atoms with Gasteiger partial charge in [-0.05, 0) is 30.8 Å². The summed E-state index contributed by atoms with van der Waals surface area (Å²) in [7, 11) is 0. The van der Waals surface area contributed by atoms with Crippen LogP contribution in [0.25, 0.3) is 0 Å². The molecule has 0 saturated heterocycles. The van der Waals surface area contributed by atoms with Crippen LogP contribution in [0.1, 0.15) is 26.2 Å². The van der Waals surface area contributed by atoms with E-state index in [0.29, 0.717) is 0 Å². The summed E-state index contributed by atoms with van der Waals surface area (Å²) >= 11 is 0. The second kappa shape index (κ2) is 3.14. The number of hydrogen-bond donors (Lipinski definition) is 1. The predicted octanol–water partition coefficient (Wildman–Crippen LogP) is 1.02. The standard InChI is InChI=1S/C10H14O3/c1-6-4-9-7(2-3-8(6)11)5-10(12)13-9/h5-6,8-9,11H,2-4H2,1H3/t6-,8+,9+/m0/s1. The summed E-state index contributed by atoms with van der Waals surface area (Å²) in [5, 5.41) is 9.61. The van der Waals surface area contributed by atoms with E-state index in [9.17, 15) is 9.90 Å². The Bertz CT molecular complexity index is 257. The number of aliphatic hydroxyl groups is 1. The molecule has 0 aromatic heterocycles. The van der Waals surface area contributed by atoms with Crippen LogP contribution < -0.4 is 0 Å². The highest BCUT2D eigenvalue weighted by atomic mass is 16.5. The maximum atomic E-state index is 10.9. The van der Waals surface area contributed by atoms with Crippen LogP contribution in [-0.4, -0.2) is 23.3 Å². The Morgan fingerprint density at radius 3 is 3.15 bits per heavy atom. The summed E-state index contributed by atoms with van der Waals surface area (Å²) in [6, 6.07) is 0. The number of esters is 1. The number of fused-ring (bicyclic) bond motifs is 1. The van der Waals surface area contributed by atoms with E-state index in [1.165, 1.54) is 0 Å². The zero-order chi connectivity index (χ0) is 9.42. The van der Waals surface area contributed by atoms with Crippen LogP contribution in [0.4, 0.5) is 0 Å². The minimum absolute atomic E-state index is 0.0559. The first-order valence-electron chi connectivity index (χ1n) is 4.76. The Kier molecular flexibility index (Phi) is 2.12. The SMILES string of the molecule is C[C@H]1C[C@H]2OC(=O)C=C2CC[C@H]1O. The molecule has 0 aromatic carbocycles. The van der Waals surface area contributed by atoms with Crippen molar-refractivity contribution in [2.24, 2.45) is 5.92 Å². The van der Waals surface area contributed by atoms with Crippen molar-refractivity contribution < 1.29 is 14.6 Å². The molecular formula is C10H14O3. The molecular weight excluding hydrogens is 168 g/mol. The van der Waals surface area contributed by atoms with E-state index in [2.05, 4.69) is 0 Å². The van der Waals surface area contributed by atoms with E-state index in [0.717, 1.165) is 24.8 Å². The van der Waals surface area contributed by atoms with Crippen LogP contribution in [0.3, 0.4) is 0 Å². The van der Waals surface area contributed by atoms with Gasteiger partial charge in [-0.1, -0.05) is 6.92 Å². The monoisotopic (exact) mass is 182 g/mol. The summed E-state index contributed by atoms with van der Waals surface area (Å²) in [6.45, 7) is 2.00. The maximum Gasteiger partial charge on any atom is 0.331 e. The molecule has 3 nitrogen and oxygen atoms in total. The van der Waals surface area contributed by atoms with Crippen molar-refractivity contribution in [2.45, 2.75) is 38.4 Å². The van der Waals surface area contributed by atoms with Crippen LogP contribution >= 0.6 is 0 Å². The Labute approximate surface area is 77.4 Å². The zero-order valence-electron chi connectivity index (χ0n) is 7.69. The summed E-state index contributed by atoms with van der Waals surface area (Å²) in [5.74, 6) is 0.00499. The van der Waals surface area contributed by atoms with Crippen LogP contribution in [0.5, 0.6) is 0 Å². The molecule has 0 spiro atoms. The van der Waals surface area contributed by atoms with Gasteiger partial charge >= 0.3 is 5.97 Å². The van der Waals surface area contributed by atoms with Crippen molar-refractivity contribution in [1.82, 2.24) is 0 Å². The van der Waals surface area contributed by atoms with Crippen molar-refractivity contribution in [3.05, 3.63) is 11.6 Å². The van der Waals surface area contributed by atoms with Gasteiger partial charge in [0, 0.05) is 6.08 Å². The number of hydrogen-bond acceptors (Lipinski definition) is 3. The molecule has 3 atom stereocenters. The molecule has 0 aromatic rings. The van der Waals surface area contributed by atoms with Crippen LogP contribution in [0, 0.1) is 5.92 Å². The van der Waals surface area contributed by atoms with Gasteiger partial charge in [-0.2, -0.15) is 0 Å². The van der Waals surface area contributed by atoms with Crippen LogP contribution in [0.2, 0.25) is 0 Å². The topological polar surface area (TPSA) is 46.5 Å². The lowest BCUT2D eigenvalue weighted by Gasteiger charge is -2.17. The Morgan fingerprint density at radius 2 is 2.38 bits per heavy atom. The second-order valence-corrected chi connectivity index (χ2v) is 3.96. The first-order valence-corrected chi connectivity index (χ1v) is 4.76. The Morgan fingerprint density at radius 1 is 1.62 bits per heavy atom. The molecule has 1 heterocycles. The minimum Gasteiger partial charge on any atom is -0.455 e. The first-order chi connectivity index (χ1) is 6.16. The van der Waals surface area contributed by atoms with Gasteiger partial charge in [0.2, 0.25) is 0 Å². The smallest absolute Gasteiger partial charge is 0.331 e. The van der Waals surface area contributed by atoms with Gasteiger partial charge in [-0.15, -0.1) is 0 Å². The van der Waals surface area contributed by atoms with Gasteiger partial charge in [0.05, 0.1) is 6.10 Å². The lowest BCUT2D eigenvalue weighted by molar-refractivity contribution is -0.139. The Balaban J connectivity index is 2.14. The molecule has 3 heteroatoms. The van der Waals surface area contributed by atoms with Crippen molar-refractivity contribution >= 4 is 5.97 Å². The number of ether oxygens (including phenoxy) is 1. The molecule has 2 aliphatic rings. The van der Waals surface area contributed by atoms with Gasteiger partial charge in [0.25, 0.3) is 0 Å².